The van der Waals surface area contributed by atoms with E-state index in [0.29, 0.717) is 11.1 Å². The Balaban J connectivity index is 1.60. The molecule has 2 fully saturated rings. The Morgan fingerprint density at radius 3 is 1.43 bits per heavy atom. The minimum atomic E-state index is 0.0331. The predicted octanol–water partition coefficient (Wildman–Crippen LogP) is 5.77. The van der Waals surface area contributed by atoms with Crippen molar-refractivity contribution >= 4 is 11.8 Å². The van der Waals surface area contributed by atoms with Crippen LogP contribution in [-0.4, -0.2) is 47.8 Å². The molecule has 0 aliphatic carbocycles. The summed E-state index contributed by atoms with van der Waals surface area (Å²) in [6.45, 7) is 7.74. The molecule has 0 atom stereocenters. The van der Waals surface area contributed by atoms with Gasteiger partial charge in [-0.15, -0.1) is 0 Å². The fourth-order valence-corrected chi connectivity index (χ4v) is 5.03. The minimum absolute atomic E-state index is 0.0331. The summed E-state index contributed by atoms with van der Waals surface area (Å²) in [6, 6.07) is 7.45. The number of hydrogen-bond acceptors (Lipinski definition) is 2. The number of nitrogens with zero attached hydrogens (tertiary/aromatic N) is 2. The molecule has 2 heterocycles. The molecular formula is C26H40N2O2. The van der Waals surface area contributed by atoms with E-state index in [4.69, 9.17) is 0 Å². The average molecular weight is 413 g/mol. The van der Waals surface area contributed by atoms with E-state index in [0.717, 1.165) is 63.7 Å². The van der Waals surface area contributed by atoms with Gasteiger partial charge >= 0.3 is 0 Å². The van der Waals surface area contributed by atoms with Gasteiger partial charge in [0.05, 0.1) is 11.1 Å². The van der Waals surface area contributed by atoms with Gasteiger partial charge in [-0.25, -0.2) is 0 Å². The lowest BCUT2D eigenvalue weighted by Gasteiger charge is -2.34. The van der Waals surface area contributed by atoms with Crippen molar-refractivity contribution in [3.63, 3.8) is 0 Å². The summed E-state index contributed by atoms with van der Waals surface area (Å²) in [5, 5.41) is 0. The highest BCUT2D eigenvalue weighted by Gasteiger charge is 2.29. The molecule has 2 aliphatic heterocycles. The summed E-state index contributed by atoms with van der Waals surface area (Å²) in [7, 11) is 0. The third-order valence-corrected chi connectivity index (χ3v) is 7.12. The standard InChI is InChI=1S/C26H40N2O2/c1-3-5-9-21-13-17-27(18-14-21)25(29)23-11-7-8-12-24(23)26(30)28-19-15-22(16-20-28)10-6-4-2/h7-8,11-12,21-22H,3-6,9-10,13-20H2,1-2H3. The normalized spacial score (nSPS) is 18.6. The molecule has 0 spiro atoms. The van der Waals surface area contributed by atoms with E-state index in [9.17, 15) is 9.59 Å². The molecule has 3 rings (SSSR count). The van der Waals surface area contributed by atoms with Gasteiger partial charge in [0.15, 0.2) is 0 Å². The summed E-state index contributed by atoms with van der Waals surface area (Å²) >= 11 is 0. The first kappa shape index (κ1) is 22.8. The van der Waals surface area contributed by atoms with Crippen molar-refractivity contribution in [3.8, 4) is 0 Å². The van der Waals surface area contributed by atoms with Crippen LogP contribution in [0.15, 0.2) is 24.3 Å². The van der Waals surface area contributed by atoms with Crippen molar-refractivity contribution in [2.45, 2.75) is 78.1 Å². The van der Waals surface area contributed by atoms with Gasteiger partial charge in [-0.1, -0.05) is 64.5 Å². The number of unbranched alkanes of at least 4 members (excludes halogenated alkanes) is 2. The van der Waals surface area contributed by atoms with E-state index in [1.54, 1.807) is 0 Å². The number of benzene rings is 1. The summed E-state index contributed by atoms with van der Waals surface area (Å²) < 4.78 is 0. The van der Waals surface area contributed by atoms with Gasteiger partial charge in [-0.3, -0.25) is 9.59 Å². The van der Waals surface area contributed by atoms with Crippen LogP contribution in [0, 0.1) is 11.8 Å². The molecule has 0 radical (unpaired) electrons. The van der Waals surface area contributed by atoms with Gasteiger partial charge < -0.3 is 9.80 Å². The van der Waals surface area contributed by atoms with Crippen LogP contribution in [-0.2, 0) is 0 Å². The fourth-order valence-electron chi connectivity index (χ4n) is 5.03. The molecule has 0 bridgehead atoms. The molecular weight excluding hydrogens is 372 g/mol. The highest BCUT2D eigenvalue weighted by Crippen LogP contribution is 2.26. The number of carbonyl (C=O) groups excluding carboxylic acids is 2. The van der Waals surface area contributed by atoms with Crippen LogP contribution in [0.5, 0.6) is 0 Å². The Hall–Kier alpha value is -1.84. The maximum Gasteiger partial charge on any atom is 0.254 e. The van der Waals surface area contributed by atoms with Crippen LogP contribution in [0.3, 0.4) is 0 Å². The number of amides is 2. The summed E-state index contributed by atoms with van der Waals surface area (Å²) in [6.07, 6.45) is 12.0. The lowest BCUT2D eigenvalue weighted by atomic mass is 9.90. The van der Waals surface area contributed by atoms with Crippen molar-refractivity contribution in [3.05, 3.63) is 35.4 Å². The first-order valence-electron chi connectivity index (χ1n) is 12.3. The Kier molecular flexibility index (Phi) is 8.77. The first-order valence-corrected chi connectivity index (χ1v) is 12.3. The predicted molar refractivity (Wildman–Crippen MR) is 123 cm³/mol. The second-order valence-electron chi connectivity index (χ2n) is 9.30. The molecule has 0 saturated carbocycles. The second-order valence-corrected chi connectivity index (χ2v) is 9.30. The number of hydrogen-bond donors (Lipinski definition) is 0. The smallest absolute Gasteiger partial charge is 0.254 e. The van der Waals surface area contributed by atoms with Crippen LogP contribution >= 0.6 is 0 Å². The van der Waals surface area contributed by atoms with Gasteiger partial charge in [0.25, 0.3) is 11.8 Å². The molecule has 0 N–H and O–H groups in total. The van der Waals surface area contributed by atoms with Crippen molar-refractivity contribution in [2.75, 3.05) is 26.2 Å². The van der Waals surface area contributed by atoms with E-state index in [1.165, 1.54) is 38.5 Å². The van der Waals surface area contributed by atoms with E-state index in [1.807, 2.05) is 34.1 Å². The SMILES string of the molecule is CCCCC1CCN(C(=O)c2ccccc2C(=O)N2CCC(CCCC)CC2)CC1. The van der Waals surface area contributed by atoms with E-state index >= 15 is 0 Å². The highest BCUT2D eigenvalue weighted by atomic mass is 16.2. The monoisotopic (exact) mass is 412 g/mol. The lowest BCUT2D eigenvalue weighted by molar-refractivity contribution is 0.0646. The molecule has 1 aromatic carbocycles. The highest BCUT2D eigenvalue weighted by molar-refractivity contribution is 6.07. The van der Waals surface area contributed by atoms with Crippen molar-refractivity contribution in [2.24, 2.45) is 11.8 Å². The lowest BCUT2D eigenvalue weighted by Crippen LogP contribution is -2.41. The van der Waals surface area contributed by atoms with Crippen LogP contribution in [0.4, 0.5) is 0 Å². The molecule has 2 aliphatic rings. The maximum atomic E-state index is 13.3. The maximum absolute atomic E-state index is 13.3. The largest absolute Gasteiger partial charge is 0.339 e. The third-order valence-electron chi connectivity index (χ3n) is 7.12. The zero-order valence-corrected chi connectivity index (χ0v) is 19.1. The Morgan fingerprint density at radius 2 is 1.10 bits per heavy atom. The number of likely N-dealkylation sites (tertiary alicyclic amines) is 2. The number of piperidine rings is 2. The molecule has 0 aromatic heterocycles. The zero-order valence-electron chi connectivity index (χ0n) is 19.1. The zero-order chi connectivity index (χ0) is 21.3. The topological polar surface area (TPSA) is 40.6 Å². The van der Waals surface area contributed by atoms with Gasteiger partial charge in [0.2, 0.25) is 0 Å². The molecule has 166 valence electrons. The van der Waals surface area contributed by atoms with Gasteiger partial charge in [-0.05, 0) is 49.7 Å². The van der Waals surface area contributed by atoms with E-state index in [-0.39, 0.29) is 11.8 Å². The molecule has 4 heteroatoms. The van der Waals surface area contributed by atoms with Crippen molar-refractivity contribution < 1.29 is 9.59 Å². The van der Waals surface area contributed by atoms with Crippen molar-refractivity contribution in [1.29, 1.82) is 0 Å². The summed E-state index contributed by atoms with van der Waals surface area (Å²) in [4.78, 5) is 30.4. The molecule has 0 unspecified atom stereocenters. The second kappa shape index (κ2) is 11.5. The molecule has 2 saturated heterocycles. The number of rotatable bonds is 8. The fraction of sp³-hybridized carbons (Fsp3) is 0.692. The Bertz CT molecular complexity index is 627. The summed E-state index contributed by atoms with van der Waals surface area (Å²) in [5.74, 6) is 1.57. The first-order chi connectivity index (χ1) is 14.6. The average Bonchev–Trinajstić information content (AvgIpc) is 2.81. The van der Waals surface area contributed by atoms with Crippen molar-refractivity contribution in [1.82, 2.24) is 9.80 Å². The molecule has 4 nitrogen and oxygen atoms in total. The van der Waals surface area contributed by atoms with E-state index < -0.39 is 0 Å². The third kappa shape index (κ3) is 5.86. The molecule has 2 amide bonds. The van der Waals surface area contributed by atoms with Crippen LogP contribution in [0.1, 0.15) is 98.8 Å². The Labute approximate surface area is 183 Å². The van der Waals surface area contributed by atoms with Crippen LogP contribution in [0.2, 0.25) is 0 Å². The van der Waals surface area contributed by atoms with Gasteiger partial charge in [0, 0.05) is 26.2 Å². The van der Waals surface area contributed by atoms with Gasteiger partial charge in [-0.2, -0.15) is 0 Å². The quantitative estimate of drug-likeness (QED) is 0.544. The Morgan fingerprint density at radius 1 is 0.733 bits per heavy atom. The molecule has 1 aromatic rings. The van der Waals surface area contributed by atoms with Crippen LogP contribution < -0.4 is 0 Å². The van der Waals surface area contributed by atoms with Crippen LogP contribution in [0.25, 0.3) is 0 Å². The molecule has 30 heavy (non-hydrogen) atoms. The minimum Gasteiger partial charge on any atom is -0.339 e. The number of carbonyl (C=O) groups is 2. The van der Waals surface area contributed by atoms with E-state index in [2.05, 4.69) is 13.8 Å². The van der Waals surface area contributed by atoms with Gasteiger partial charge in [0.1, 0.15) is 0 Å². The summed E-state index contributed by atoms with van der Waals surface area (Å²) in [5.41, 5.74) is 1.17.